The fourth-order valence-corrected chi connectivity index (χ4v) is 2.58. The summed E-state index contributed by atoms with van der Waals surface area (Å²) < 4.78 is 2.21. The Balaban J connectivity index is 2.40. The van der Waals surface area contributed by atoms with Crippen LogP contribution in [-0.2, 0) is 6.42 Å². The van der Waals surface area contributed by atoms with Crippen LogP contribution in [0.5, 0.6) is 0 Å². The lowest BCUT2D eigenvalue weighted by Crippen LogP contribution is -1.99. The Hall–Kier alpha value is -1.38. The van der Waals surface area contributed by atoms with Crippen LogP contribution in [-0.4, -0.2) is 14.4 Å². The molecule has 0 N–H and O–H groups in total. The Morgan fingerprint density at radius 3 is 2.93 bits per heavy atom. The van der Waals surface area contributed by atoms with Crippen LogP contribution in [0.25, 0.3) is 5.78 Å². The van der Waals surface area contributed by atoms with E-state index in [0.29, 0.717) is 5.92 Å². The van der Waals surface area contributed by atoms with Gasteiger partial charge in [-0.05, 0) is 32.8 Å². The van der Waals surface area contributed by atoms with E-state index in [1.807, 2.05) is 6.92 Å². The summed E-state index contributed by atoms with van der Waals surface area (Å²) in [6.07, 6.45) is 2.37. The van der Waals surface area contributed by atoms with Gasteiger partial charge in [-0.2, -0.15) is 0 Å². The molecule has 1 aliphatic rings. The number of aromatic nitrogens is 3. The first-order chi connectivity index (χ1) is 7.16. The van der Waals surface area contributed by atoms with E-state index >= 15 is 0 Å². The summed E-state index contributed by atoms with van der Waals surface area (Å²) in [5.41, 5.74) is 4.94. The van der Waals surface area contributed by atoms with Crippen molar-refractivity contribution in [3.63, 3.8) is 0 Å². The first kappa shape index (κ1) is 8.89. The SMILES string of the molecule is Cc1cc(C)n2c3c(nc2n1)C(C)CC3. The van der Waals surface area contributed by atoms with E-state index in [0.717, 1.165) is 17.9 Å². The molecule has 0 aliphatic heterocycles. The molecule has 1 atom stereocenters. The normalized spacial score (nSPS) is 19.8. The Bertz CT molecular complexity index is 539. The van der Waals surface area contributed by atoms with E-state index in [4.69, 9.17) is 0 Å². The van der Waals surface area contributed by atoms with Crippen molar-refractivity contribution in [2.75, 3.05) is 0 Å². The highest BCUT2D eigenvalue weighted by molar-refractivity contribution is 5.42. The third-order valence-corrected chi connectivity index (χ3v) is 3.31. The second kappa shape index (κ2) is 2.81. The molecule has 0 spiro atoms. The summed E-state index contributed by atoms with van der Waals surface area (Å²) >= 11 is 0. The van der Waals surface area contributed by atoms with Gasteiger partial charge in [-0.15, -0.1) is 0 Å². The van der Waals surface area contributed by atoms with Crippen LogP contribution in [0, 0.1) is 13.8 Å². The number of rotatable bonds is 0. The first-order valence-electron chi connectivity index (χ1n) is 5.52. The Morgan fingerprint density at radius 1 is 1.33 bits per heavy atom. The molecule has 15 heavy (non-hydrogen) atoms. The average Bonchev–Trinajstić information content (AvgIpc) is 2.66. The van der Waals surface area contributed by atoms with Crippen LogP contribution < -0.4 is 0 Å². The minimum atomic E-state index is 0.599. The minimum absolute atomic E-state index is 0.599. The van der Waals surface area contributed by atoms with Crippen molar-refractivity contribution in [1.82, 2.24) is 14.4 Å². The number of hydrogen-bond donors (Lipinski definition) is 0. The maximum absolute atomic E-state index is 4.65. The summed E-state index contributed by atoms with van der Waals surface area (Å²) in [7, 11) is 0. The van der Waals surface area contributed by atoms with Crippen molar-refractivity contribution >= 4 is 5.78 Å². The van der Waals surface area contributed by atoms with Crippen molar-refractivity contribution in [2.45, 2.75) is 39.5 Å². The van der Waals surface area contributed by atoms with Crippen LogP contribution in [0.3, 0.4) is 0 Å². The van der Waals surface area contributed by atoms with Crippen LogP contribution >= 0.6 is 0 Å². The van der Waals surface area contributed by atoms with Crippen molar-refractivity contribution < 1.29 is 0 Å². The number of hydrogen-bond acceptors (Lipinski definition) is 2. The first-order valence-corrected chi connectivity index (χ1v) is 5.52. The predicted octanol–water partition coefficient (Wildman–Crippen LogP) is 2.40. The lowest BCUT2D eigenvalue weighted by Gasteiger charge is -2.03. The van der Waals surface area contributed by atoms with Crippen LogP contribution in [0.15, 0.2) is 6.07 Å². The molecule has 2 heterocycles. The highest BCUT2D eigenvalue weighted by Gasteiger charge is 2.25. The molecule has 3 nitrogen and oxygen atoms in total. The average molecular weight is 201 g/mol. The Kier molecular flexibility index (Phi) is 1.67. The largest absolute Gasteiger partial charge is 0.285 e. The maximum Gasteiger partial charge on any atom is 0.234 e. The smallest absolute Gasteiger partial charge is 0.234 e. The molecule has 0 fully saturated rings. The highest BCUT2D eigenvalue weighted by atomic mass is 15.1. The zero-order valence-electron chi connectivity index (χ0n) is 9.41. The second-order valence-corrected chi connectivity index (χ2v) is 4.56. The summed E-state index contributed by atoms with van der Waals surface area (Å²) in [6.45, 7) is 6.41. The number of fused-ring (bicyclic) bond motifs is 3. The monoisotopic (exact) mass is 201 g/mol. The van der Waals surface area contributed by atoms with Crippen LogP contribution in [0.2, 0.25) is 0 Å². The molecular weight excluding hydrogens is 186 g/mol. The van der Waals surface area contributed by atoms with Gasteiger partial charge >= 0.3 is 0 Å². The Labute approximate surface area is 89.2 Å². The molecule has 0 aromatic carbocycles. The number of nitrogens with zero attached hydrogens (tertiary/aromatic N) is 3. The molecule has 0 amide bonds. The van der Waals surface area contributed by atoms with E-state index in [9.17, 15) is 0 Å². The summed E-state index contributed by atoms with van der Waals surface area (Å²) in [5, 5.41) is 0. The summed E-state index contributed by atoms with van der Waals surface area (Å²) in [5.74, 6) is 1.48. The quantitative estimate of drug-likeness (QED) is 0.655. The van der Waals surface area contributed by atoms with Gasteiger partial charge in [-0.3, -0.25) is 4.40 Å². The van der Waals surface area contributed by atoms with Gasteiger partial charge in [0.15, 0.2) is 0 Å². The van der Waals surface area contributed by atoms with E-state index in [1.54, 1.807) is 0 Å². The molecular formula is C12H15N3. The van der Waals surface area contributed by atoms with E-state index < -0.39 is 0 Å². The number of aryl methyl sites for hydroxylation is 3. The molecule has 0 saturated heterocycles. The molecule has 0 saturated carbocycles. The standard InChI is InChI=1S/C12H15N3/c1-7-4-5-10-11(7)14-12-13-8(2)6-9(3)15(10)12/h6-7H,4-5H2,1-3H3. The summed E-state index contributed by atoms with van der Waals surface area (Å²) in [6, 6.07) is 2.12. The van der Waals surface area contributed by atoms with E-state index in [2.05, 4.69) is 34.3 Å². The van der Waals surface area contributed by atoms with Gasteiger partial charge in [0.05, 0.1) is 5.69 Å². The lowest BCUT2D eigenvalue weighted by atomic mass is 10.1. The molecule has 1 unspecified atom stereocenters. The molecule has 2 aromatic heterocycles. The van der Waals surface area contributed by atoms with Gasteiger partial charge < -0.3 is 0 Å². The van der Waals surface area contributed by atoms with Crippen LogP contribution in [0.1, 0.15) is 42.0 Å². The minimum Gasteiger partial charge on any atom is -0.285 e. The molecule has 3 rings (SSSR count). The van der Waals surface area contributed by atoms with Crippen molar-refractivity contribution in [1.29, 1.82) is 0 Å². The van der Waals surface area contributed by atoms with Gasteiger partial charge in [0.2, 0.25) is 5.78 Å². The second-order valence-electron chi connectivity index (χ2n) is 4.56. The van der Waals surface area contributed by atoms with Gasteiger partial charge in [0.1, 0.15) is 0 Å². The number of imidazole rings is 1. The van der Waals surface area contributed by atoms with Gasteiger partial charge in [0, 0.05) is 23.0 Å². The van der Waals surface area contributed by atoms with Gasteiger partial charge in [-0.25, -0.2) is 9.97 Å². The van der Waals surface area contributed by atoms with Gasteiger partial charge in [0.25, 0.3) is 0 Å². The topological polar surface area (TPSA) is 30.2 Å². The molecule has 3 heteroatoms. The molecule has 1 aliphatic carbocycles. The lowest BCUT2D eigenvalue weighted by molar-refractivity contribution is 0.723. The van der Waals surface area contributed by atoms with E-state index in [-0.39, 0.29) is 0 Å². The maximum atomic E-state index is 4.65. The molecule has 0 radical (unpaired) electrons. The Morgan fingerprint density at radius 2 is 2.13 bits per heavy atom. The zero-order valence-corrected chi connectivity index (χ0v) is 9.41. The van der Waals surface area contributed by atoms with Gasteiger partial charge in [-0.1, -0.05) is 6.92 Å². The summed E-state index contributed by atoms with van der Waals surface area (Å²) in [4.78, 5) is 9.13. The van der Waals surface area contributed by atoms with E-state index in [1.165, 1.54) is 23.5 Å². The third-order valence-electron chi connectivity index (χ3n) is 3.31. The molecule has 78 valence electrons. The molecule has 2 aromatic rings. The fraction of sp³-hybridized carbons (Fsp3) is 0.500. The fourth-order valence-electron chi connectivity index (χ4n) is 2.58. The third kappa shape index (κ3) is 1.12. The predicted molar refractivity (Wildman–Crippen MR) is 59.2 cm³/mol. The zero-order chi connectivity index (χ0) is 10.6. The highest BCUT2D eigenvalue weighted by Crippen LogP contribution is 2.32. The van der Waals surface area contributed by atoms with Crippen LogP contribution in [0.4, 0.5) is 0 Å². The molecule has 0 bridgehead atoms. The van der Waals surface area contributed by atoms with Crippen molar-refractivity contribution in [2.24, 2.45) is 0 Å². The van der Waals surface area contributed by atoms with Crippen molar-refractivity contribution in [3.05, 3.63) is 28.8 Å². The van der Waals surface area contributed by atoms with Crippen molar-refractivity contribution in [3.8, 4) is 0 Å².